The summed E-state index contributed by atoms with van der Waals surface area (Å²) in [6.07, 6.45) is 0. The average Bonchev–Trinajstić information content (AvgIpc) is 2.01. The molecule has 0 aromatic heterocycles. The van der Waals surface area contributed by atoms with Crippen molar-refractivity contribution in [2.75, 3.05) is 0 Å². The third-order valence-corrected chi connectivity index (χ3v) is 2.06. The molecule has 14 heavy (non-hydrogen) atoms. The molecule has 0 aliphatic rings. The van der Waals surface area contributed by atoms with Crippen LogP contribution in [0, 0.1) is 0 Å². The van der Waals surface area contributed by atoms with Gasteiger partial charge < -0.3 is 5.11 Å². The molecule has 0 unspecified atom stereocenters. The first-order valence-corrected chi connectivity index (χ1v) is 4.36. The molecule has 1 aromatic carbocycles. The number of benzene rings is 1. The number of phenolic OH excluding ortho intramolecular Hbond substituents is 1. The Morgan fingerprint density at radius 2 is 2.00 bits per heavy atom. The molecule has 0 aliphatic carbocycles. The predicted molar refractivity (Wildman–Crippen MR) is 52.2 cm³/mol. The summed E-state index contributed by atoms with van der Waals surface area (Å²) in [6.45, 7) is 4.02. The fraction of sp³-hybridized carbons (Fsp3) is 0.364. The minimum Gasteiger partial charge on any atom is -0.507 e. The number of aromatic hydroxyl groups is 1. The molecule has 1 N–H and O–H groups in total. The molecule has 3 heteroatoms. The zero-order valence-corrected chi connectivity index (χ0v) is 8.47. The van der Waals surface area contributed by atoms with E-state index in [-0.39, 0.29) is 22.7 Å². The number of alkyl halides is 1. The van der Waals surface area contributed by atoms with Crippen LogP contribution < -0.4 is 0 Å². The van der Waals surface area contributed by atoms with E-state index in [9.17, 15) is 14.3 Å². The Labute approximate surface area is 82.4 Å². The van der Waals surface area contributed by atoms with Crippen LogP contribution in [0.25, 0.3) is 0 Å². The van der Waals surface area contributed by atoms with Gasteiger partial charge in [0.1, 0.15) is 11.4 Å². The number of Topliss-reactive ketones (excluding diaryl/α,β-unsaturated/α-hetero) is 1. The van der Waals surface area contributed by atoms with Crippen LogP contribution in [0.15, 0.2) is 18.2 Å². The Morgan fingerprint density at radius 1 is 1.43 bits per heavy atom. The lowest BCUT2D eigenvalue weighted by Gasteiger charge is -2.17. The second-order valence-electron chi connectivity index (χ2n) is 3.73. The van der Waals surface area contributed by atoms with Gasteiger partial charge in [0.2, 0.25) is 0 Å². The van der Waals surface area contributed by atoms with Crippen LogP contribution in [0.5, 0.6) is 5.75 Å². The quantitative estimate of drug-likeness (QED) is 0.738. The number of ketones is 1. The SMILES string of the molecule is CC(=O)c1cccc(C(C)(C)F)c1O. The lowest BCUT2D eigenvalue weighted by atomic mass is 9.95. The van der Waals surface area contributed by atoms with Gasteiger partial charge in [-0.05, 0) is 26.8 Å². The monoisotopic (exact) mass is 196 g/mol. The van der Waals surface area contributed by atoms with Gasteiger partial charge in [-0.2, -0.15) is 0 Å². The van der Waals surface area contributed by atoms with Gasteiger partial charge in [0.25, 0.3) is 0 Å². The van der Waals surface area contributed by atoms with Crippen LogP contribution in [-0.2, 0) is 5.67 Å². The Balaban J connectivity index is 3.35. The first kappa shape index (κ1) is 10.7. The second kappa shape index (κ2) is 3.40. The number of halogens is 1. The summed E-state index contributed by atoms with van der Waals surface area (Å²) in [5.41, 5.74) is -1.34. The van der Waals surface area contributed by atoms with Gasteiger partial charge >= 0.3 is 0 Å². The minimum atomic E-state index is -1.64. The molecular formula is C11H13FO2. The molecule has 0 heterocycles. The van der Waals surface area contributed by atoms with Gasteiger partial charge in [0.15, 0.2) is 5.78 Å². The highest BCUT2D eigenvalue weighted by atomic mass is 19.1. The molecule has 0 fully saturated rings. The number of rotatable bonds is 2. The summed E-state index contributed by atoms with van der Waals surface area (Å²) >= 11 is 0. The highest BCUT2D eigenvalue weighted by Crippen LogP contribution is 2.34. The molecular weight excluding hydrogens is 183 g/mol. The van der Waals surface area contributed by atoms with E-state index in [0.29, 0.717) is 0 Å². The van der Waals surface area contributed by atoms with Crippen molar-refractivity contribution < 1.29 is 14.3 Å². The third kappa shape index (κ3) is 1.92. The molecule has 1 rings (SSSR count). The maximum Gasteiger partial charge on any atom is 0.163 e. The van der Waals surface area contributed by atoms with E-state index in [2.05, 4.69) is 0 Å². The number of phenols is 1. The lowest BCUT2D eigenvalue weighted by molar-refractivity contribution is 0.101. The van der Waals surface area contributed by atoms with Crippen LogP contribution in [0.3, 0.4) is 0 Å². The average molecular weight is 196 g/mol. The summed E-state index contributed by atoms with van der Waals surface area (Å²) < 4.78 is 13.6. The smallest absolute Gasteiger partial charge is 0.163 e. The molecule has 0 spiro atoms. The number of hydrogen-bond donors (Lipinski definition) is 1. The van der Waals surface area contributed by atoms with Crippen molar-refractivity contribution in [3.63, 3.8) is 0 Å². The van der Waals surface area contributed by atoms with Crippen molar-refractivity contribution in [1.82, 2.24) is 0 Å². The molecule has 0 radical (unpaired) electrons. The normalized spacial score (nSPS) is 11.4. The Hall–Kier alpha value is -1.38. The maximum absolute atomic E-state index is 13.6. The first-order chi connectivity index (χ1) is 6.34. The van der Waals surface area contributed by atoms with Gasteiger partial charge in [0, 0.05) is 5.56 Å². The summed E-state index contributed by atoms with van der Waals surface area (Å²) in [4.78, 5) is 11.1. The van der Waals surface area contributed by atoms with Crippen molar-refractivity contribution in [3.05, 3.63) is 29.3 Å². The number of carbonyl (C=O) groups excluding carboxylic acids is 1. The molecule has 0 atom stereocenters. The van der Waals surface area contributed by atoms with Crippen LogP contribution in [0.2, 0.25) is 0 Å². The van der Waals surface area contributed by atoms with E-state index < -0.39 is 5.67 Å². The van der Waals surface area contributed by atoms with Crippen molar-refractivity contribution in [2.24, 2.45) is 0 Å². The topological polar surface area (TPSA) is 37.3 Å². The standard InChI is InChI=1S/C11H13FO2/c1-7(13)8-5-4-6-9(10(8)14)11(2,3)12/h4-6,14H,1-3H3. The van der Waals surface area contributed by atoms with E-state index in [1.54, 1.807) is 6.07 Å². The second-order valence-corrected chi connectivity index (χ2v) is 3.73. The molecule has 2 nitrogen and oxygen atoms in total. The molecule has 0 aliphatic heterocycles. The fourth-order valence-corrected chi connectivity index (χ4v) is 1.31. The van der Waals surface area contributed by atoms with Crippen molar-refractivity contribution in [2.45, 2.75) is 26.4 Å². The summed E-state index contributed by atoms with van der Waals surface area (Å²) in [7, 11) is 0. The first-order valence-electron chi connectivity index (χ1n) is 4.36. The highest BCUT2D eigenvalue weighted by molar-refractivity contribution is 5.97. The Morgan fingerprint density at radius 3 is 2.43 bits per heavy atom. The molecule has 0 bridgehead atoms. The van der Waals surface area contributed by atoms with Crippen molar-refractivity contribution in [3.8, 4) is 5.75 Å². The third-order valence-electron chi connectivity index (χ3n) is 2.06. The molecule has 76 valence electrons. The highest BCUT2D eigenvalue weighted by Gasteiger charge is 2.24. The van der Waals surface area contributed by atoms with E-state index in [1.807, 2.05) is 0 Å². The van der Waals surface area contributed by atoms with E-state index in [0.717, 1.165) is 0 Å². The summed E-state index contributed by atoms with van der Waals surface area (Å²) in [5, 5.41) is 9.63. The van der Waals surface area contributed by atoms with E-state index in [1.165, 1.54) is 32.9 Å². The maximum atomic E-state index is 13.6. The Kier molecular flexibility index (Phi) is 2.60. The van der Waals surface area contributed by atoms with Crippen LogP contribution in [-0.4, -0.2) is 10.9 Å². The number of hydrogen-bond acceptors (Lipinski definition) is 2. The number of para-hydroxylation sites is 1. The molecule has 0 saturated heterocycles. The van der Waals surface area contributed by atoms with Gasteiger partial charge in [-0.25, -0.2) is 4.39 Å². The van der Waals surface area contributed by atoms with Gasteiger partial charge in [-0.1, -0.05) is 12.1 Å². The summed E-state index contributed by atoms with van der Waals surface area (Å²) in [6, 6.07) is 4.52. The molecule has 0 saturated carbocycles. The summed E-state index contributed by atoms with van der Waals surface area (Å²) in [5.74, 6) is -0.527. The zero-order valence-electron chi connectivity index (χ0n) is 8.47. The number of carbonyl (C=O) groups is 1. The van der Waals surface area contributed by atoms with Crippen molar-refractivity contribution >= 4 is 5.78 Å². The lowest BCUT2D eigenvalue weighted by Crippen LogP contribution is -2.10. The molecule has 0 amide bonds. The van der Waals surface area contributed by atoms with Crippen LogP contribution in [0.4, 0.5) is 4.39 Å². The zero-order chi connectivity index (χ0) is 10.9. The van der Waals surface area contributed by atoms with Crippen molar-refractivity contribution in [1.29, 1.82) is 0 Å². The predicted octanol–water partition coefficient (Wildman–Crippen LogP) is 2.80. The largest absolute Gasteiger partial charge is 0.507 e. The van der Waals surface area contributed by atoms with Crippen LogP contribution in [0.1, 0.15) is 36.7 Å². The van der Waals surface area contributed by atoms with E-state index in [4.69, 9.17) is 0 Å². The molecule has 1 aromatic rings. The van der Waals surface area contributed by atoms with Gasteiger partial charge in [-0.3, -0.25) is 4.79 Å². The van der Waals surface area contributed by atoms with Crippen LogP contribution >= 0.6 is 0 Å². The fourth-order valence-electron chi connectivity index (χ4n) is 1.31. The minimum absolute atomic E-state index is 0.144. The Bertz CT molecular complexity index is 364. The van der Waals surface area contributed by atoms with Gasteiger partial charge in [0.05, 0.1) is 5.56 Å². The van der Waals surface area contributed by atoms with Gasteiger partial charge in [-0.15, -0.1) is 0 Å². The van der Waals surface area contributed by atoms with E-state index >= 15 is 0 Å².